The number of morpholine rings is 1. The third-order valence-corrected chi connectivity index (χ3v) is 17.6. The van der Waals surface area contributed by atoms with Crippen molar-refractivity contribution >= 4 is 55.1 Å². The Bertz CT molecular complexity index is 3390. The van der Waals surface area contributed by atoms with Crippen LogP contribution in [0.1, 0.15) is 60.2 Å². The highest BCUT2D eigenvalue weighted by Gasteiger charge is 2.51. The molecular weight excluding hydrogens is 1030 g/mol. The van der Waals surface area contributed by atoms with Gasteiger partial charge in [0.15, 0.2) is 0 Å². The number of hydrogen-bond donors (Lipinski definition) is 3. The van der Waals surface area contributed by atoms with Crippen LogP contribution in [-0.2, 0) is 35.9 Å². The maximum absolute atomic E-state index is 12.7. The monoisotopic (exact) mass is 1090 g/mol. The van der Waals surface area contributed by atoms with E-state index >= 15 is 0 Å². The summed E-state index contributed by atoms with van der Waals surface area (Å²) in [5.41, 5.74) is 3.88. The van der Waals surface area contributed by atoms with Gasteiger partial charge in [-0.1, -0.05) is 0 Å². The predicted octanol–water partition coefficient (Wildman–Crippen LogP) is 3.79. The van der Waals surface area contributed by atoms with Gasteiger partial charge in [-0.05, 0) is 87.4 Å². The van der Waals surface area contributed by atoms with Gasteiger partial charge >= 0.3 is 0 Å². The molecular formula is C51H58N16O8S2. The Hall–Kier alpha value is -7.72. The lowest BCUT2D eigenvalue weighted by Gasteiger charge is -2.47. The molecule has 0 radical (unpaired) electrons. The van der Waals surface area contributed by atoms with Crippen LogP contribution in [0.3, 0.4) is 0 Å². The molecule has 402 valence electrons. The first-order chi connectivity index (χ1) is 37.1. The molecule has 4 aliphatic heterocycles. The number of nitrogens with one attached hydrogen (secondary N) is 2. The van der Waals surface area contributed by atoms with E-state index in [2.05, 4.69) is 52.9 Å². The Morgan fingerprint density at radius 2 is 1.05 bits per heavy atom. The van der Waals surface area contributed by atoms with Crippen molar-refractivity contribution in [1.82, 2.24) is 57.9 Å². The van der Waals surface area contributed by atoms with E-state index in [0.717, 1.165) is 11.3 Å². The van der Waals surface area contributed by atoms with Gasteiger partial charge in [-0.15, -0.1) is 0 Å². The first-order valence-corrected chi connectivity index (χ1v) is 28.3. The van der Waals surface area contributed by atoms with E-state index in [-0.39, 0.29) is 68.4 Å². The number of amides is 2. The van der Waals surface area contributed by atoms with E-state index in [9.17, 15) is 42.1 Å². The molecule has 77 heavy (non-hydrogen) atoms. The summed E-state index contributed by atoms with van der Waals surface area (Å²) in [7, 11) is -6.66. The number of carbonyl (C=O) groups is 2. The molecule has 4 aliphatic rings. The summed E-state index contributed by atoms with van der Waals surface area (Å²) in [4.78, 5) is 46.7. The second-order valence-corrected chi connectivity index (χ2v) is 23.7. The molecule has 2 aromatic carbocycles. The number of aliphatic hydroxyl groups excluding tert-OH is 1. The molecule has 0 atom stereocenters. The number of carbonyl (C=O) groups excluding carboxylic acids is 2. The lowest BCUT2D eigenvalue weighted by atomic mass is 9.89. The number of piperidine rings is 1. The molecule has 0 spiro atoms. The molecule has 24 nitrogen and oxygen atoms in total. The van der Waals surface area contributed by atoms with Gasteiger partial charge in [0.2, 0.25) is 31.9 Å². The fourth-order valence-corrected chi connectivity index (χ4v) is 11.9. The second kappa shape index (κ2) is 22.9. The van der Waals surface area contributed by atoms with E-state index in [1.807, 2.05) is 0 Å². The molecule has 0 aliphatic carbocycles. The molecule has 4 saturated heterocycles. The molecule has 26 heteroatoms. The summed E-state index contributed by atoms with van der Waals surface area (Å²) in [6.45, 7) is 7.39. The zero-order valence-electron chi connectivity index (χ0n) is 42.5. The van der Waals surface area contributed by atoms with Crippen LogP contribution < -0.4 is 10.6 Å². The van der Waals surface area contributed by atoms with Crippen LogP contribution in [0, 0.1) is 22.7 Å². The Morgan fingerprint density at radius 1 is 0.649 bits per heavy atom. The van der Waals surface area contributed by atoms with Crippen molar-refractivity contribution in [3.05, 3.63) is 109 Å². The summed E-state index contributed by atoms with van der Waals surface area (Å²) < 4.78 is 60.3. The minimum atomic E-state index is -3.33. The highest BCUT2D eigenvalue weighted by Crippen LogP contribution is 2.37. The largest absolute Gasteiger partial charge is 0.393 e. The van der Waals surface area contributed by atoms with Crippen molar-refractivity contribution < 1.29 is 36.3 Å². The van der Waals surface area contributed by atoms with Crippen molar-refractivity contribution in [2.45, 2.75) is 56.7 Å². The Kier molecular flexibility index (Phi) is 16.1. The number of ether oxygens (including phenoxy) is 1. The Labute approximate surface area is 446 Å². The minimum absolute atomic E-state index is 0.0131. The normalized spacial score (nSPS) is 17.6. The molecule has 10 rings (SSSR count). The van der Waals surface area contributed by atoms with Gasteiger partial charge in [0.25, 0.3) is 11.8 Å². The van der Waals surface area contributed by atoms with E-state index in [1.165, 1.54) is 8.61 Å². The quantitative estimate of drug-likeness (QED) is 0.124. The van der Waals surface area contributed by atoms with Crippen molar-refractivity contribution in [3.63, 3.8) is 0 Å². The summed E-state index contributed by atoms with van der Waals surface area (Å²) in [6, 6.07) is 22.1. The summed E-state index contributed by atoms with van der Waals surface area (Å²) >= 11 is 0. The van der Waals surface area contributed by atoms with Gasteiger partial charge in [-0.3, -0.25) is 19.0 Å². The van der Waals surface area contributed by atoms with Crippen LogP contribution in [0.5, 0.6) is 0 Å². The van der Waals surface area contributed by atoms with Gasteiger partial charge in [0.05, 0.1) is 79.6 Å². The number of likely N-dealkylation sites (tertiary alicyclic amines) is 1. The summed E-state index contributed by atoms with van der Waals surface area (Å²) in [5, 5.41) is 43.6. The molecule has 8 heterocycles. The number of nitriles is 2. The zero-order valence-corrected chi connectivity index (χ0v) is 44.1. The average Bonchev–Trinajstić information content (AvgIpc) is 4.23. The smallest absolute Gasteiger partial charge is 0.254 e. The fourth-order valence-electron chi connectivity index (χ4n) is 9.39. The number of rotatable bonds is 16. The Morgan fingerprint density at radius 3 is 1.44 bits per heavy atom. The standard InChI is InChI=1S/C26H30N8O4S.C25H28N8O4S/c1-2-39(37,38)33-17-26(18-33,10-11-27)34-16-20(15-29-34)23-7-12-28-25(31-23)30-21-5-3-19(4-6-21)24(36)32-13-8-22(35)9-14-32;1-2-38(35,36)32-17-25(18-32,8-9-26)33-16-20(15-28-33)22-7-10-27-24(30-22)29-21-5-3-19(4-6-21)23(34)31-11-13-37-14-12-31/h3-7,12,15-16,22,35H,2,8-10,13-14,17-18H2,1H3,(H,28,30,31);3-7,10,15-16H,2,8,11-14,17-18H2,1H3,(H,27,29,30). The van der Waals surface area contributed by atoms with Crippen LogP contribution >= 0.6 is 0 Å². The van der Waals surface area contributed by atoms with Crippen molar-refractivity contribution in [2.75, 3.05) is 87.7 Å². The number of sulfonamides is 2. The number of aliphatic hydroxyl groups is 1. The van der Waals surface area contributed by atoms with E-state index < -0.39 is 31.1 Å². The maximum Gasteiger partial charge on any atom is 0.254 e. The van der Waals surface area contributed by atoms with Crippen LogP contribution in [0.15, 0.2) is 97.8 Å². The van der Waals surface area contributed by atoms with Crippen LogP contribution in [0.2, 0.25) is 0 Å². The van der Waals surface area contributed by atoms with Gasteiger partial charge in [-0.2, -0.15) is 29.3 Å². The van der Waals surface area contributed by atoms with Gasteiger partial charge < -0.3 is 30.3 Å². The number of aromatic nitrogens is 8. The predicted molar refractivity (Wildman–Crippen MR) is 282 cm³/mol. The highest BCUT2D eigenvalue weighted by atomic mass is 32.2. The van der Waals surface area contributed by atoms with Crippen molar-refractivity contribution in [1.29, 1.82) is 10.5 Å². The highest BCUT2D eigenvalue weighted by molar-refractivity contribution is 7.89. The number of nitrogens with zero attached hydrogens (tertiary/aromatic N) is 14. The number of anilines is 4. The first-order valence-electron chi connectivity index (χ1n) is 25.1. The minimum Gasteiger partial charge on any atom is -0.393 e. The van der Waals surface area contributed by atoms with E-state index in [4.69, 9.17) is 4.74 Å². The molecule has 0 saturated carbocycles. The molecule has 4 aromatic heterocycles. The molecule has 3 N–H and O–H groups in total. The molecule has 0 bridgehead atoms. The number of benzene rings is 2. The summed E-state index contributed by atoms with van der Waals surface area (Å²) in [5.74, 6) is 0.687. The molecule has 4 fully saturated rings. The zero-order chi connectivity index (χ0) is 54.4. The molecule has 6 aromatic rings. The second-order valence-electron chi connectivity index (χ2n) is 19.2. The lowest BCUT2D eigenvalue weighted by Crippen LogP contribution is -2.64. The maximum atomic E-state index is 12.7. The molecule has 0 unspecified atom stereocenters. The van der Waals surface area contributed by atoms with Gasteiger partial charge in [0, 0.05) is 111 Å². The Balaban J connectivity index is 0.000000188. The lowest BCUT2D eigenvalue weighted by molar-refractivity contribution is 0.0303. The topological polar surface area (TPSA) is 304 Å². The van der Waals surface area contributed by atoms with Gasteiger partial charge in [0.1, 0.15) is 11.1 Å². The third-order valence-electron chi connectivity index (χ3n) is 14.1. The van der Waals surface area contributed by atoms with E-state index in [0.29, 0.717) is 97.9 Å². The van der Waals surface area contributed by atoms with Crippen molar-refractivity contribution in [2.24, 2.45) is 0 Å². The van der Waals surface area contributed by atoms with Crippen molar-refractivity contribution in [3.8, 4) is 34.7 Å². The average molecular weight is 1090 g/mol. The SMILES string of the molecule is CCS(=O)(=O)N1CC(CC#N)(n2cc(-c3ccnc(Nc4ccc(C(=O)N5CCC(O)CC5)cc4)n3)cn2)C1.CCS(=O)(=O)N1CC(CC#N)(n2cc(-c3ccnc(Nc4ccc(C(=O)N5CCOCC5)cc4)n3)cn2)C1. The summed E-state index contributed by atoms with van der Waals surface area (Å²) in [6.07, 6.45) is 11.2. The molecule has 2 amide bonds. The van der Waals surface area contributed by atoms with Gasteiger partial charge in [-0.25, -0.2) is 36.8 Å². The van der Waals surface area contributed by atoms with Crippen LogP contribution in [-0.4, -0.2) is 175 Å². The van der Waals surface area contributed by atoms with Crippen LogP contribution in [0.25, 0.3) is 22.5 Å². The number of hydrogen-bond acceptors (Lipinski definition) is 18. The fraction of sp³-hybridized carbons (Fsp3) is 0.412. The first kappa shape index (κ1) is 54.1. The van der Waals surface area contributed by atoms with E-state index in [1.54, 1.807) is 131 Å². The third kappa shape index (κ3) is 12.0. The van der Waals surface area contributed by atoms with Crippen LogP contribution in [0.4, 0.5) is 23.3 Å².